The predicted octanol–water partition coefficient (Wildman–Crippen LogP) is 0.663. The van der Waals surface area contributed by atoms with Crippen molar-refractivity contribution in [2.45, 2.75) is 6.42 Å². The van der Waals surface area contributed by atoms with Crippen LogP contribution in [0.25, 0.3) is 0 Å². The summed E-state index contributed by atoms with van der Waals surface area (Å²) in [6.45, 7) is 3.95. The van der Waals surface area contributed by atoms with Gasteiger partial charge in [0, 0.05) is 18.5 Å². The number of nitrogens with two attached hydrogens (primary N) is 1. The van der Waals surface area contributed by atoms with Crippen LogP contribution in [0, 0.1) is 0 Å². The Bertz CT molecular complexity index is 569. The van der Waals surface area contributed by atoms with Crippen molar-refractivity contribution in [1.82, 2.24) is 5.32 Å². The molecule has 3 N–H and O–H groups in total. The Morgan fingerprint density at radius 3 is 2.11 bits per heavy atom. The van der Waals surface area contributed by atoms with Gasteiger partial charge < -0.3 is 39.5 Å². The number of anilines is 1. The summed E-state index contributed by atoms with van der Waals surface area (Å²) in [7, 11) is 1.50. The van der Waals surface area contributed by atoms with Crippen LogP contribution in [0.3, 0.4) is 0 Å². The van der Waals surface area contributed by atoms with E-state index in [9.17, 15) is 9.59 Å². The fourth-order valence-corrected chi connectivity index (χ4v) is 2.08. The van der Waals surface area contributed by atoms with Gasteiger partial charge in [-0.25, -0.2) is 0 Å². The molecule has 0 radical (unpaired) electrons. The maximum atomic E-state index is 12.0. The molecule has 0 heterocycles. The van der Waals surface area contributed by atoms with Crippen LogP contribution in [0.4, 0.5) is 5.69 Å². The van der Waals surface area contributed by atoms with Crippen LogP contribution in [0.2, 0.25) is 0 Å². The summed E-state index contributed by atoms with van der Waals surface area (Å²) in [4.78, 5) is 22.1. The summed E-state index contributed by atoms with van der Waals surface area (Å²) in [6.07, 6.45) is 1.23. The monoisotopic (exact) mass is 398 g/mol. The average molecular weight is 398 g/mol. The summed E-state index contributed by atoms with van der Waals surface area (Å²) in [5, 5.41) is 2.76. The van der Waals surface area contributed by atoms with E-state index in [0.29, 0.717) is 82.8 Å². The molecule has 0 bridgehead atoms. The fraction of sp³-hybridized carbons (Fsp3) is 0.579. The summed E-state index contributed by atoms with van der Waals surface area (Å²) >= 11 is 0. The van der Waals surface area contributed by atoms with E-state index in [-0.39, 0.29) is 5.91 Å². The minimum absolute atomic E-state index is 0.217. The Kier molecular flexibility index (Phi) is 13.5. The quantitative estimate of drug-likeness (QED) is 0.223. The van der Waals surface area contributed by atoms with Gasteiger partial charge in [0.05, 0.1) is 65.7 Å². The lowest BCUT2D eigenvalue weighted by molar-refractivity contribution is -0.108. The average Bonchev–Trinajstić information content (AvgIpc) is 2.71. The molecule has 1 aromatic carbocycles. The standard InChI is InChI=1S/C19H30N2O7/c1-24-18-15-16(3-4-17(18)20)19(23)21-5-8-26-10-12-28-14-13-27-11-9-25-7-2-6-22/h3-4,6,15H,2,5,7-14,20H2,1H3,(H,21,23). The first-order valence-corrected chi connectivity index (χ1v) is 9.15. The van der Waals surface area contributed by atoms with E-state index in [4.69, 9.17) is 29.4 Å². The third-order valence-electron chi connectivity index (χ3n) is 3.52. The van der Waals surface area contributed by atoms with Gasteiger partial charge in [0.25, 0.3) is 5.91 Å². The zero-order valence-electron chi connectivity index (χ0n) is 16.3. The first-order valence-electron chi connectivity index (χ1n) is 9.15. The molecule has 9 nitrogen and oxygen atoms in total. The maximum Gasteiger partial charge on any atom is 0.251 e. The molecule has 28 heavy (non-hydrogen) atoms. The Morgan fingerprint density at radius 2 is 1.54 bits per heavy atom. The van der Waals surface area contributed by atoms with Crippen molar-refractivity contribution in [3.63, 3.8) is 0 Å². The zero-order chi connectivity index (χ0) is 20.5. The lowest BCUT2D eigenvalue weighted by Crippen LogP contribution is -2.27. The van der Waals surface area contributed by atoms with Crippen LogP contribution in [0.15, 0.2) is 18.2 Å². The van der Waals surface area contributed by atoms with E-state index in [2.05, 4.69) is 5.32 Å². The number of amides is 1. The number of benzene rings is 1. The lowest BCUT2D eigenvalue weighted by atomic mass is 10.2. The summed E-state index contributed by atoms with van der Waals surface area (Å²) in [5.41, 5.74) is 6.68. The molecule has 158 valence electrons. The maximum absolute atomic E-state index is 12.0. The van der Waals surface area contributed by atoms with Crippen molar-refractivity contribution in [3.05, 3.63) is 23.8 Å². The zero-order valence-corrected chi connectivity index (χ0v) is 16.3. The molecule has 0 atom stereocenters. The number of nitrogen functional groups attached to an aromatic ring is 1. The number of aldehydes is 1. The van der Waals surface area contributed by atoms with Crippen molar-refractivity contribution in [2.75, 3.05) is 72.2 Å². The number of carbonyl (C=O) groups is 2. The number of methoxy groups -OCH3 is 1. The van der Waals surface area contributed by atoms with Crippen molar-refractivity contribution in [2.24, 2.45) is 0 Å². The number of rotatable bonds is 17. The Balaban J connectivity index is 1.92. The van der Waals surface area contributed by atoms with Gasteiger partial charge in [0.15, 0.2) is 0 Å². The number of nitrogens with one attached hydrogen (secondary N) is 1. The molecule has 0 fully saturated rings. The van der Waals surface area contributed by atoms with Crippen LogP contribution >= 0.6 is 0 Å². The van der Waals surface area contributed by atoms with Crippen molar-refractivity contribution < 1.29 is 33.3 Å². The van der Waals surface area contributed by atoms with Crippen LogP contribution in [0.5, 0.6) is 5.75 Å². The molecule has 0 unspecified atom stereocenters. The van der Waals surface area contributed by atoms with Crippen molar-refractivity contribution >= 4 is 17.9 Å². The Hall–Kier alpha value is -2.20. The lowest BCUT2D eigenvalue weighted by Gasteiger charge is -2.09. The molecule has 1 amide bonds. The van der Waals surface area contributed by atoms with Gasteiger partial charge in [0.2, 0.25) is 0 Å². The second-order valence-corrected chi connectivity index (χ2v) is 5.62. The van der Waals surface area contributed by atoms with Crippen LogP contribution < -0.4 is 15.8 Å². The SMILES string of the molecule is COc1cc(C(=O)NCCOCCOCCOCCOCCC=O)ccc1N. The minimum atomic E-state index is -0.217. The predicted molar refractivity (Wildman–Crippen MR) is 104 cm³/mol. The van der Waals surface area contributed by atoms with Crippen molar-refractivity contribution in [3.8, 4) is 5.75 Å². The third kappa shape index (κ3) is 10.8. The molecular weight excluding hydrogens is 368 g/mol. The third-order valence-corrected chi connectivity index (χ3v) is 3.52. The summed E-state index contributed by atoms with van der Waals surface area (Å²) < 4.78 is 26.3. The molecule has 0 aromatic heterocycles. The van der Waals surface area contributed by atoms with E-state index in [1.54, 1.807) is 18.2 Å². The number of carbonyl (C=O) groups excluding carboxylic acids is 2. The second-order valence-electron chi connectivity index (χ2n) is 5.62. The largest absolute Gasteiger partial charge is 0.495 e. The highest BCUT2D eigenvalue weighted by Gasteiger charge is 2.08. The van der Waals surface area contributed by atoms with E-state index in [1.807, 2.05) is 0 Å². The molecule has 1 rings (SSSR count). The first-order chi connectivity index (χ1) is 13.7. The fourth-order valence-electron chi connectivity index (χ4n) is 2.08. The second kappa shape index (κ2) is 15.8. The Morgan fingerprint density at radius 1 is 0.964 bits per heavy atom. The Labute approximate surface area is 165 Å². The first kappa shape index (κ1) is 23.8. The van der Waals surface area contributed by atoms with Gasteiger partial charge in [-0.05, 0) is 18.2 Å². The summed E-state index contributed by atoms with van der Waals surface area (Å²) in [6, 6.07) is 4.87. The van der Waals surface area contributed by atoms with E-state index in [0.717, 1.165) is 6.29 Å². The molecule has 0 saturated carbocycles. The van der Waals surface area contributed by atoms with E-state index in [1.165, 1.54) is 7.11 Å². The highest BCUT2D eigenvalue weighted by atomic mass is 16.6. The smallest absolute Gasteiger partial charge is 0.251 e. The van der Waals surface area contributed by atoms with E-state index >= 15 is 0 Å². The van der Waals surface area contributed by atoms with Crippen LogP contribution in [-0.2, 0) is 23.7 Å². The van der Waals surface area contributed by atoms with Crippen LogP contribution in [0.1, 0.15) is 16.8 Å². The molecule has 0 saturated heterocycles. The molecule has 1 aromatic rings. The minimum Gasteiger partial charge on any atom is -0.495 e. The topological polar surface area (TPSA) is 118 Å². The molecule has 0 aliphatic carbocycles. The number of ether oxygens (including phenoxy) is 5. The van der Waals surface area contributed by atoms with Gasteiger partial charge in [0.1, 0.15) is 12.0 Å². The van der Waals surface area contributed by atoms with Gasteiger partial charge in [-0.3, -0.25) is 4.79 Å². The molecule has 0 aliphatic heterocycles. The molecular formula is C19H30N2O7. The van der Waals surface area contributed by atoms with Gasteiger partial charge in [-0.15, -0.1) is 0 Å². The normalized spacial score (nSPS) is 10.6. The molecule has 0 spiro atoms. The molecule has 0 aliphatic rings. The summed E-state index contributed by atoms with van der Waals surface area (Å²) in [5.74, 6) is 0.251. The van der Waals surface area contributed by atoms with E-state index < -0.39 is 0 Å². The molecule has 9 heteroatoms. The highest BCUT2D eigenvalue weighted by molar-refractivity contribution is 5.95. The van der Waals surface area contributed by atoms with Gasteiger partial charge >= 0.3 is 0 Å². The number of hydrogen-bond acceptors (Lipinski definition) is 8. The number of hydrogen-bond donors (Lipinski definition) is 2. The van der Waals surface area contributed by atoms with Crippen molar-refractivity contribution in [1.29, 1.82) is 0 Å². The van der Waals surface area contributed by atoms with Gasteiger partial charge in [-0.2, -0.15) is 0 Å². The highest BCUT2D eigenvalue weighted by Crippen LogP contribution is 2.21. The van der Waals surface area contributed by atoms with Gasteiger partial charge in [-0.1, -0.05) is 0 Å². The van der Waals surface area contributed by atoms with Crippen LogP contribution in [-0.4, -0.2) is 78.7 Å².